The molecular formula is C20H30N2O3. The molecule has 2 N–H and O–H groups in total. The normalized spacial score (nSPS) is 13.9. The molecule has 0 aromatic heterocycles. The lowest BCUT2D eigenvalue weighted by molar-refractivity contribution is -0.119. The van der Waals surface area contributed by atoms with Crippen molar-refractivity contribution in [1.82, 2.24) is 5.32 Å². The molecule has 2 rings (SSSR count). The molecule has 5 heteroatoms. The average molecular weight is 346 g/mol. The highest BCUT2D eigenvalue weighted by molar-refractivity contribution is 5.80. The quantitative estimate of drug-likeness (QED) is 0.475. The number of carbonyl (C=O) groups excluding carboxylic acids is 1. The Morgan fingerprint density at radius 3 is 2.96 bits per heavy atom. The lowest BCUT2D eigenvalue weighted by Gasteiger charge is -2.13. The molecular weight excluding hydrogens is 316 g/mol. The van der Waals surface area contributed by atoms with E-state index in [1.807, 2.05) is 31.2 Å². The van der Waals surface area contributed by atoms with E-state index < -0.39 is 0 Å². The first-order chi connectivity index (χ1) is 12.3. The number of ether oxygens (including phenoxy) is 2. The second-order valence-electron chi connectivity index (χ2n) is 6.13. The van der Waals surface area contributed by atoms with Crippen LogP contribution in [0.5, 0.6) is 5.75 Å². The van der Waals surface area contributed by atoms with E-state index in [1.54, 1.807) is 0 Å². The Morgan fingerprint density at radius 2 is 2.16 bits per heavy atom. The molecule has 1 amide bonds. The van der Waals surface area contributed by atoms with Crippen molar-refractivity contribution in [3.05, 3.63) is 35.9 Å². The maximum atomic E-state index is 11.9. The van der Waals surface area contributed by atoms with E-state index in [9.17, 15) is 4.79 Å². The van der Waals surface area contributed by atoms with Gasteiger partial charge >= 0.3 is 0 Å². The fraction of sp³-hybridized carbons (Fsp3) is 0.550. The van der Waals surface area contributed by atoms with Gasteiger partial charge in [0.05, 0.1) is 13.2 Å². The molecule has 1 aromatic carbocycles. The van der Waals surface area contributed by atoms with Crippen molar-refractivity contribution in [3.63, 3.8) is 0 Å². The van der Waals surface area contributed by atoms with Crippen LogP contribution in [0, 0.1) is 0 Å². The molecule has 1 aromatic rings. The highest BCUT2D eigenvalue weighted by atomic mass is 16.5. The van der Waals surface area contributed by atoms with Gasteiger partial charge in [0.1, 0.15) is 12.4 Å². The number of hydrogen-bond donors (Lipinski definition) is 2. The largest absolute Gasteiger partial charge is 0.491 e. The molecule has 0 heterocycles. The molecule has 0 unspecified atom stereocenters. The van der Waals surface area contributed by atoms with Crippen LogP contribution >= 0.6 is 0 Å². The average Bonchev–Trinajstić information content (AvgIpc) is 2.65. The van der Waals surface area contributed by atoms with Crippen LogP contribution in [-0.2, 0) is 9.53 Å². The smallest absolute Gasteiger partial charge is 0.239 e. The monoisotopic (exact) mass is 346 g/mol. The van der Waals surface area contributed by atoms with E-state index in [2.05, 4.69) is 16.7 Å². The van der Waals surface area contributed by atoms with Gasteiger partial charge in [-0.15, -0.1) is 0 Å². The van der Waals surface area contributed by atoms with Crippen molar-refractivity contribution in [2.45, 2.75) is 39.0 Å². The summed E-state index contributed by atoms with van der Waals surface area (Å²) >= 11 is 0. The minimum Gasteiger partial charge on any atom is -0.491 e. The van der Waals surface area contributed by atoms with Gasteiger partial charge in [-0.2, -0.15) is 0 Å². The Morgan fingerprint density at radius 1 is 1.24 bits per heavy atom. The second kappa shape index (κ2) is 11.5. The molecule has 138 valence electrons. The van der Waals surface area contributed by atoms with Gasteiger partial charge < -0.3 is 20.1 Å². The van der Waals surface area contributed by atoms with Crippen LogP contribution in [-0.4, -0.2) is 38.8 Å². The summed E-state index contributed by atoms with van der Waals surface area (Å²) in [6.45, 7) is 4.73. The third-order valence-electron chi connectivity index (χ3n) is 4.14. The Kier molecular flexibility index (Phi) is 8.91. The van der Waals surface area contributed by atoms with E-state index >= 15 is 0 Å². The topological polar surface area (TPSA) is 59.6 Å². The molecule has 0 atom stereocenters. The zero-order valence-corrected chi connectivity index (χ0v) is 15.2. The van der Waals surface area contributed by atoms with Gasteiger partial charge in [0.2, 0.25) is 5.91 Å². The molecule has 25 heavy (non-hydrogen) atoms. The third-order valence-corrected chi connectivity index (χ3v) is 4.14. The number of amides is 1. The number of rotatable bonds is 11. The van der Waals surface area contributed by atoms with Crippen LogP contribution < -0.4 is 15.4 Å². The van der Waals surface area contributed by atoms with Crippen LogP contribution in [0.15, 0.2) is 35.9 Å². The van der Waals surface area contributed by atoms with Crippen LogP contribution in [0.2, 0.25) is 0 Å². The van der Waals surface area contributed by atoms with Crippen molar-refractivity contribution < 1.29 is 14.3 Å². The summed E-state index contributed by atoms with van der Waals surface area (Å²) in [5.74, 6) is 0.786. The summed E-state index contributed by atoms with van der Waals surface area (Å²) in [7, 11) is 0. The molecule has 0 saturated carbocycles. The van der Waals surface area contributed by atoms with Gasteiger partial charge in [0, 0.05) is 24.9 Å². The number of anilines is 1. The van der Waals surface area contributed by atoms with Gasteiger partial charge in [-0.1, -0.05) is 17.7 Å². The van der Waals surface area contributed by atoms with Gasteiger partial charge in [-0.05, 0) is 51.2 Å². The molecule has 5 nitrogen and oxygen atoms in total. The summed E-state index contributed by atoms with van der Waals surface area (Å²) in [4.78, 5) is 11.9. The summed E-state index contributed by atoms with van der Waals surface area (Å²) in [5.41, 5.74) is 2.36. The highest BCUT2D eigenvalue weighted by Crippen LogP contribution is 2.19. The second-order valence-corrected chi connectivity index (χ2v) is 6.13. The van der Waals surface area contributed by atoms with E-state index in [0.717, 1.165) is 17.9 Å². The van der Waals surface area contributed by atoms with E-state index in [0.29, 0.717) is 26.4 Å². The molecule has 0 aliphatic heterocycles. The van der Waals surface area contributed by atoms with Crippen molar-refractivity contribution in [3.8, 4) is 5.75 Å². The Bertz CT molecular complexity index is 558. The van der Waals surface area contributed by atoms with Crippen molar-refractivity contribution in [2.24, 2.45) is 0 Å². The Balaban J connectivity index is 1.64. The number of carbonyl (C=O) groups is 1. The predicted octanol–water partition coefficient (Wildman–Crippen LogP) is 3.52. The molecule has 1 aliphatic rings. The zero-order valence-electron chi connectivity index (χ0n) is 15.2. The van der Waals surface area contributed by atoms with Gasteiger partial charge in [0.25, 0.3) is 0 Å². The first-order valence-electron chi connectivity index (χ1n) is 9.27. The summed E-state index contributed by atoms with van der Waals surface area (Å²) in [6.07, 6.45) is 8.25. The van der Waals surface area contributed by atoms with Gasteiger partial charge in [-0.3, -0.25) is 4.79 Å². The van der Waals surface area contributed by atoms with E-state index in [1.165, 1.54) is 31.3 Å². The van der Waals surface area contributed by atoms with Crippen molar-refractivity contribution >= 4 is 11.6 Å². The van der Waals surface area contributed by atoms with E-state index in [4.69, 9.17) is 9.47 Å². The number of hydrogen-bond acceptors (Lipinski definition) is 4. The molecule has 0 radical (unpaired) electrons. The first kappa shape index (κ1) is 19.3. The molecule has 0 fully saturated rings. The fourth-order valence-corrected chi connectivity index (χ4v) is 2.80. The third kappa shape index (κ3) is 8.07. The summed E-state index contributed by atoms with van der Waals surface area (Å²) < 4.78 is 10.9. The van der Waals surface area contributed by atoms with Crippen LogP contribution in [0.25, 0.3) is 0 Å². The Labute approximate surface area is 150 Å². The summed E-state index contributed by atoms with van der Waals surface area (Å²) in [6, 6.07) is 7.63. The van der Waals surface area contributed by atoms with Gasteiger partial charge in [-0.25, -0.2) is 0 Å². The number of allylic oxidation sites excluding steroid dienone is 1. The Hall–Kier alpha value is -2.01. The van der Waals surface area contributed by atoms with Crippen LogP contribution in [0.4, 0.5) is 5.69 Å². The molecule has 1 aliphatic carbocycles. The minimum absolute atomic E-state index is 0.0130. The first-order valence-corrected chi connectivity index (χ1v) is 9.27. The van der Waals surface area contributed by atoms with E-state index in [-0.39, 0.29) is 12.5 Å². The molecule has 0 spiro atoms. The molecule has 0 bridgehead atoms. The summed E-state index contributed by atoms with van der Waals surface area (Å²) in [5, 5.41) is 6.11. The lowest BCUT2D eigenvalue weighted by atomic mass is 9.97. The van der Waals surface area contributed by atoms with Crippen LogP contribution in [0.1, 0.15) is 39.0 Å². The SMILES string of the molecule is CCOCCOc1cccc(NCC(=O)NCCC2=CCCCC2)c1. The van der Waals surface area contributed by atoms with Gasteiger partial charge in [0.15, 0.2) is 0 Å². The van der Waals surface area contributed by atoms with Crippen LogP contribution in [0.3, 0.4) is 0 Å². The minimum atomic E-state index is 0.0130. The fourth-order valence-electron chi connectivity index (χ4n) is 2.80. The maximum Gasteiger partial charge on any atom is 0.239 e. The highest BCUT2D eigenvalue weighted by Gasteiger charge is 2.05. The standard InChI is InChI=1S/C20H30N2O3/c1-2-24-13-14-25-19-10-6-9-18(15-19)22-16-20(23)21-12-11-17-7-4-3-5-8-17/h6-7,9-10,15,22H,2-5,8,11-14,16H2,1H3,(H,21,23). The predicted molar refractivity (Wildman–Crippen MR) is 101 cm³/mol. The number of benzene rings is 1. The number of nitrogens with one attached hydrogen (secondary N) is 2. The zero-order chi connectivity index (χ0) is 17.7. The maximum absolute atomic E-state index is 11.9. The molecule has 0 saturated heterocycles. The van der Waals surface area contributed by atoms with Crippen molar-refractivity contribution in [1.29, 1.82) is 0 Å². The van der Waals surface area contributed by atoms with Crippen molar-refractivity contribution in [2.75, 3.05) is 38.2 Å². The lowest BCUT2D eigenvalue weighted by Crippen LogP contribution is -2.30.